The van der Waals surface area contributed by atoms with Gasteiger partial charge in [-0.15, -0.1) is 0 Å². The summed E-state index contributed by atoms with van der Waals surface area (Å²) < 4.78 is 0. The van der Waals surface area contributed by atoms with Crippen LogP contribution in [0.25, 0.3) is 0 Å². The third-order valence-electron chi connectivity index (χ3n) is 8.81. The van der Waals surface area contributed by atoms with Crippen molar-refractivity contribution in [1.29, 1.82) is 0 Å². The molecule has 0 aliphatic heterocycles. The Bertz CT molecular complexity index is 599. The monoisotopic (exact) mass is 427 g/mol. The molecule has 0 amide bonds. The van der Waals surface area contributed by atoms with Crippen LogP contribution in [-0.2, 0) is 0 Å². The Balaban J connectivity index is 1.58. The molecule has 0 saturated heterocycles. The molecule has 3 aliphatic rings. The van der Waals surface area contributed by atoms with E-state index in [9.17, 15) is 0 Å². The Kier molecular flexibility index (Phi) is 8.33. The maximum absolute atomic E-state index is 2.73. The van der Waals surface area contributed by atoms with Crippen molar-refractivity contribution in [1.82, 2.24) is 4.90 Å². The van der Waals surface area contributed by atoms with Gasteiger partial charge in [0.05, 0.1) is 0 Å². The Morgan fingerprint density at radius 2 is 1.23 bits per heavy atom. The fraction of sp³-hybridized carbons (Fsp3) is 0.786. The summed E-state index contributed by atoms with van der Waals surface area (Å²) in [5, 5.41) is 0. The first kappa shape index (κ1) is 22.8. The molecule has 0 spiro atoms. The van der Waals surface area contributed by atoms with E-state index < -0.39 is 0 Å². The average Bonchev–Trinajstić information content (AvgIpc) is 3.25. The van der Waals surface area contributed by atoms with Crippen LogP contribution in [0.5, 0.6) is 0 Å². The highest BCUT2D eigenvalue weighted by atomic mass is 31.1. The molecule has 0 radical (unpaired) electrons. The molecular formula is C28H46NP. The Hall–Kier alpha value is -0.390. The minimum atomic E-state index is 0.173. The normalized spacial score (nSPS) is 28.8. The first-order chi connectivity index (χ1) is 14.7. The molecule has 1 nitrogen and oxygen atoms in total. The van der Waals surface area contributed by atoms with Crippen molar-refractivity contribution in [2.24, 2.45) is 11.8 Å². The number of hydrogen-bond donors (Lipinski definition) is 0. The van der Waals surface area contributed by atoms with Crippen molar-refractivity contribution in [3.05, 3.63) is 35.9 Å². The summed E-state index contributed by atoms with van der Waals surface area (Å²) in [6.45, 7) is 2.73. The molecule has 0 heterocycles. The van der Waals surface area contributed by atoms with Gasteiger partial charge in [-0.25, -0.2) is 0 Å². The van der Waals surface area contributed by atoms with Crippen LogP contribution in [0.4, 0.5) is 0 Å². The summed E-state index contributed by atoms with van der Waals surface area (Å²) in [5.74, 6) is 1.78. The van der Waals surface area contributed by atoms with Gasteiger partial charge < -0.3 is 4.90 Å². The van der Waals surface area contributed by atoms with E-state index in [0.717, 1.165) is 28.8 Å². The van der Waals surface area contributed by atoms with Gasteiger partial charge in [0.15, 0.2) is 0 Å². The van der Waals surface area contributed by atoms with Gasteiger partial charge >= 0.3 is 0 Å². The maximum atomic E-state index is 2.73. The van der Waals surface area contributed by atoms with Gasteiger partial charge in [0.2, 0.25) is 0 Å². The quantitative estimate of drug-likeness (QED) is 0.396. The number of hydrogen-bond acceptors (Lipinski definition) is 1. The van der Waals surface area contributed by atoms with E-state index in [1.807, 2.05) is 0 Å². The molecule has 4 rings (SSSR count). The zero-order valence-corrected chi connectivity index (χ0v) is 20.8. The Labute approximate surface area is 188 Å². The molecule has 1 aromatic rings. The van der Waals surface area contributed by atoms with Gasteiger partial charge in [-0.05, 0) is 87.0 Å². The molecule has 3 saturated carbocycles. The lowest BCUT2D eigenvalue weighted by Gasteiger charge is -2.46. The van der Waals surface area contributed by atoms with Crippen LogP contribution >= 0.6 is 7.92 Å². The van der Waals surface area contributed by atoms with Gasteiger partial charge in [0, 0.05) is 6.04 Å². The lowest BCUT2D eigenvalue weighted by atomic mass is 9.82. The predicted molar refractivity (Wildman–Crippen MR) is 134 cm³/mol. The van der Waals surface area contributed by atoms with E-state index in [-0.39, 0.29) is 7.92 Å². The second-order valence-corrected chi connectivity index (χ2v) is 14.0. The summed E-state index contributed by atoms with van der Waals surface area (Å²) >= 11 is 0. The summed E-state index contributed by atoms with van der Waals surface area (Å²) in [4.78, 5) is 2.54. The first-order valence-corrected chi connectivity index (χ1v) is 14.7. The lowest BCUT2D eigenvalue weighted by molar-refractivity contribution is 0.174. The zero-order chi connectivity index (χ0) is 20.9. The predicted octanol–water partition coefficient (Wildman–Crippen LogP) is 8.24. The molecule has 3 fully saturated rings. The van der Waals surface area contributed by atoms with Crippen molar-refractivity contribution < 1.29 is 0 Å². The highest BCUT2D eigenvalue weighted by molar-refractivity contribution is 7.59. The minimum absolute atomic E-state index is 0.173. The summed E-state index contributed by atoms with van der Waals surface area (Å²) in [7, 11) is 4.82. The smallest absolute Gasteiger partial charge is 0.0373 e. The number of nitrogens with zero attached hydrogens (tertiary/aromatic N) is 1. The molecule has 2 heteroatoms. The second-order valence-electron chi connectivity index (χ2n) is 10.8. The highest BCUT2D eigenvalue weighted by Crippen LogP contribution is 2.63. The molecule has 1 aromatic carbocycles. The van der Waals surface area contributed by atoms with Crippen LogP contribution < -0.4 is 0 Å². The van der Waals surface area contributed by atoms with Crippen molar-refractivity contribution in [2.45, 2.75) is 113 Å². The molecule has 0 aromatic heterocycles. The molecule has 168 valence electrons. The highest BCUT2D eigenvalue weighted by Gasteiger charge is 2.44. The van der Waals surface area contributed by atoms with E-state index >= 15 is 0 Å². The zero-order valence-electron chi connectivity index (χ0n) is 19.9. The number of benzene rings is 1. The van der Waals surface area contributed by atoms with Crippen LogP contribution in [0, 0.1) is 11.8 Å². The summed E-state index contributed by atoms with van der Waals surface area (Å²) in [5.41, 5.74) is 4.68. The van der Waals surface area contributed by atoms with Crippen LogP contribution in [0.15, 0.2) is 30.3 Å². The number of rotatable bonds is 7. The van der Waals surface area contributed by atoms with Gasteiger partial charge in [-0.1, -0.05) is 90.1 Å². The van der Waals surface area contributed by atoms with Crippen LogP contribution in [0.2, 0.25) is 0 Å². The van der Waals surface area contributed by atoms with Gasteiger partial charge in [-0.2, -0.15) is 0 Å². The first-order valence-electron chi connectivity index (χ1n) is 13.2. The molecule has 2 unspecified atom stereocenters. The molecule has 0 N–H and O–H groups in total. The molecule has 0 bridgehead atoms. The Morgan fingerprint density at radius 3 is 1.77 bits per heavy atom. The second kappa shape index (κ2) is 11.0. The standard InChI is InChI=1S/C28H46NP/c1-22(30(24-16-9-5-10-17-24)25-18-11-6-12-19-25)26-20-13-21-27(26)28(29(2)3)23-14-7-4-8-15-23/h4,7-8,14-15,22,24-28H,5-6,9-13,16-21H2,1-3H3/t22-,26?,27?,28-/m1/s1. The largest absolute Gasteiger partial charge is 0.302 e. The third-order valence-corrected chi connectivity index (χ3v) is 12.9. The third kappa shape index (κ3) is 5.15. The minimum Gasteiger partial charge on any atom is -0.302 e. The Morgan fingerprint density at radius 1 is 0.700 bits per heavy atom. The van der Waals surface area contributed by atoms with E-state index in [2.05, 4.69) is 56.3 Å². The van der Waals surface area contributed by atoms with Crippen molar-refractivity contribution in [2.75, 3.05) is 14.1 Å². The SMILES string of the molecule is C[C@H](C1CCCC1[C@@H](c1ccccc1)N(C)C)P(C1CCCCC1)C1CCCCC1. The fourth-order valence-electron chi connectivity index (χ4n) is 7.53. The van der Waals surface area contributed by atoms with E-state index in [4.69, 9.17) is 0 Å². The van der Waals surface area contributed by atoms with Gasteiger partial charge in [0.1, 0.15) is 0 Å². The van der Waals surface area contributed by atoms with Crippen LogP contribution in [0.3, 0.4) is 0 Å². The van der Waals surface area contributed by atoms with Crippen molar-refractivity contribution in [3.63, 3.8) is 0 Å². The average molecular weight is 428 g/mol. The summed E-state index contributed by atoms with van der Waals surface area (Å²) in [6, 6.07) is 12.0. The van der Waals surface area contributed by atoms with Crippen molar-refractivity contribution in [3.8, 4) is 0 Å². The van der Waals surface area contributed by atoms with E-state index in [0.29, 0.717) is 6.04 Å². The molecule has 4 atom stereocenters. The van der Waals surface area contributed by atoms with Gasteiger partial charge in [0.25, 0.3) is 0 Å². The summed E-state index contributed by atoms with van der Waals surface area (Å²) in [6.07, 6.45) is 19.7. The molecule has 30 heavy (non-hydrogen) atoms. The molecular weight excluding hydrogens is 381 g/mol. The molecule has 3 aliphatic carbocycles. The van der Waals surface area contributed by atoms with E-state index in [1.165, 1.54) is 57.8 Å². The lowest BCUT2D eigenvalue weighted by Crippen LogP contribution is -2.36. The maximum Gasteiger partial charge on any atom is 0.0373 e. The van der Waals surface area contributed by atoms with Crippen LogP contribution in [0.1, 0.15) is 102 Å². The van der Waals surface area contributed by atoms with E-state index in [1.54, 1.807) is 31.2 Å². The topological polar surface area (TPSA) is 3.24 Å². The van der Waals surface area contributed by atoms with Crippen LogP contribution in [-0.4, -0.2) is 36.0 Å². The van der Waals surface area contributed by atoms with Crippen molar-refractivity contribution >= 4 is 7.92 Å². The fourth-order valence-corrected chi connectivity index (χ4v) is 12.2. The van der Waals surface area contributed by atoms with Gasteiger partial charge in [-0.3, -0.25) is 0 Å².